The van der Waals surface area contributed by atoms with E-state index >= 15 is 0 Å². The van der Waals surface area contributed by atoms with Gasteiger partial charge in [-0.05, 0) is 42.2 Å². The lowest BCUT2D eigenvalue weighted by Crippen LogP contribution is -2.19. The molecule has 1 fully saturated rings. The van der Waals surface area contributed by atoms with Crippen LogP contribution in [0.25, 0.3) is 22.0 Å². The standard InChI is InChI=1S/C21H22N2O2/c1-24-17-10-11-18(25-2)21-20(17)16(15-8-4-3-5-9-15)14-19(22-21)23-12-6-7-13-23/h3-5,8-11,14H,6-7,12-13H2,1-2H3. The molecule has 25 heavy (non-hydrogen) atoms. The first-order valence-electron chi connectivity index (χ1n) is 8.68. The number of ether oxygens (including phenoxy) is 2. The van der Waals surface area contributed by atoms with Crippen LogP contribution in [0.1, 0.15) is 12.8 Å². The molecule has 4 rings (SSSR count). The number of fused-ring (bicyclic) bond motifs is 1. The molecule has 1 aliphatic heterocycles. The molecule has 0 radical (unpaired) electrons. The maximum atomic E-state index is 5.65. The minimum atomic E-state index is 0.772. The fraction of sp³-hybridized carbons (Fsp3) is 0.286. The molecule has 0 aliphatic carbocycles. The zero-order valence-electron chi connectivity index (χ0n) is 14.7. The number of rotatable bonds is 4. The molecule has 1 aliphatic rings. The lowest BCUT2D eigenvalue weighted by atomic mass is 9.99. The third-order valence-corrected chi connectivity index (χ3v) is 4.83. The van der Waals surface area contributed by atoms with Gasteiger partial charge in [0.05, 0.1) is 19.6 Å². The van der Waals surface area contributed by atoms with Crippen molar-refractivity contribution >= 4 is 16.7 Å². The van der Waals surface area contributed by atoms with Gasteiger partial charge in [0.1, 0.15) is 22.8 Å². The minimum absolute atomic E-state index is 0.772. The van der Waals surface area contributed by atoms with Crippen LogP contribution < -0.4 is 14.4 Å². The number of hydrogen-bond donors (Lipinski definition) is 0. The first-order chi connectivity index (χ1) is 12.3. The number of anilines is 1. The molecule has 0 amide bonds. The van der Waals surface area contributed by atoms with E-state index in [2.05, 4.69) is 35.2 Å². The molecule has 0 saturated carbocycles. The van der Waals surface area contributed by atoms with Crippen LogP contribution in [0, 0.1) is 0 Å². The van der Waals surface area contributed by atoms with Gasteiger partial charge in [-0.1, -0.05) is 30.3 Å². The van der Waals surface area contributed by atoms with Gasteiger partial charge < -0.3 is 14.4 Å². The summed E-state index contributed by atoms with van der Waals surface area (Å²) < 4.78 is 11.2. The molecule has 2 aromatic carbocycles. The zero-order valence-corrected chi connectivity index (χ0v) is 14.7. The fourth-order valence-corrected chi connectivity index (χ4v) is 3.56. The predicted octanol–water partition coefficient (Wildman–Crippen LogP) is 4.52. The molecule has 128 valence electrons. The number of benzene rings is 2. The molecule has 0 N–H and O–H groups in total. The largest absolute Gasteiger partial charge is 0.496 e. The average Bonchev–Trinajstić information content (AvgIpc) is 3.21. The van der Waals surface area contributed by atoms with E-state index in [0.717, 1.165) is 52.4 Å². The molecule has 3 aromatic rings. The van der Waals surface area contributed by atoms with Crippen molar-refractivity contribution in [2.75, 3.05) is 32.2 Å². The molecule has 4 nitrogen and oxygen atoms in total. The molecule has 1 aromatic heterocycles. The van der Waals surface area contributed by atoms with Crippen molar-refractivity contribution in [1.82, 2.24) is 4.98 Å². The molecule has 1 saturated heterocycles. The summed E-state index contributed by atoms with van der Waals surface area (Å²) in [6, 6.07) is 16.5. The Hall–Kier alpha value is -2.75. The normalized spacial score (nSPS) is 14.1. The first kappa shape index (κ1) is 15.8. The van der Waals surface area contributed by atoms with Crippen LogP contribution in [0.3, 0.4) is 0 Å². The second-order valence-electron chi connectivity index (χ2n) is 6.28. The maximum Gasteiger partial charge on any atom is 0.145 e. The number of pyridine rings is 1. The highest BCUT2D eigenvalue weighted by Crippen LogP contribution is 2.41. The van der Waals surface area contributed by atoms with Gasteiger partial charge in [-0.25, -0.2) is 4.98 Å². The second-order valence-corrected chi connectivity index (χ2v) is 6.28. The highest BCUT2D eigenvalue weighted by atomic mass is 16.5. The highest BCUT2D eigenvalue weighted by molar-refractivity contribution is 6.03. The Bertz CT molecular complexity index is 887. The first-order valence-corrected chi connectivity index (χ1v) is 8.68. The van der Waals surface area contributed by atoms with Crippen molar-refractivity contribution in [3.8, 4) is 22.6 Å². The van der Waals surface area contributed by atoms with Gasteiger partial charge in [-0.3, -0.25) is 0 Å². The van der Waals surface area contributed by atoms with Crippen LogP contribution in [0.4, 0.5) is 5.82 Å². The second kappa shape index (κ2) is 6.63. The lowest BCUT2D eigenvalue weighted by Gasteiger charge is -2.20. The Morgan fingerprint density at radius 1 is 0.880 bits per heavy atom. The van der Waals surface area contributed by atoms with Crippen molar-refractivity contribution in [1.29, 1.82) is 0 Å². The monoisotopic (exact) mass is 334 g/mol. The lowest BCUT2D eigenvalue weighted by molar-refractivity contribution is 0.410. The Morgan fingerprint density at radius 2 is 1.56 bits per heavy atom. The molecular formula is C21H22N2O2. The van der Waals surface area contributed by atoms with Crippen LogP contribution in [0.15, 0.2) is 48.5 Å². The summed E-state index contributed by atoms with van der Waals surface area (Å²) in [7, 11) is 3.39. The summed E-state index contributed by atoms with van der Waals surface area (Å²) in [5.41, 5.74) is 3.13. The van der Waals surface area contributed by atoms with Gasteiger partial charge in [0.2, 0.25) is 0 Å². The fourth-order valence-electron chi connectivity index (χ4n) is 3.56. The summed E-state index contributed by atoms with van der Waals surface area (Å²) in [5, 5.41) is 0.996. The molecular weight excluding hydrogens is 312 g/mol. The Morgan fingerprint density at radius 3 is 2.24 bits per heavy atom. The van der Waals surface area contributed by atoms with Crippen LogP contribution >= 0.6 is 0 Å². The Kier molecular flexibility index (Phi) is 4.18. The van der Waals surface area contributed by atoms with Crippen molar-refractivity contribution in [3.63, 3.8) is 0 Å². The van der Waals surface area contributed by atoms with Crippen LogP contribution in [-0.4, -0.2) is 32.3 Å². The summed E-state index contributed by atoms with van der Waals surface area (Å²) >= 11 is 0. The number of nitrogens with zero attached hydrogens (tertiary/aromatic N) is 2. The van der Waals surface area contributed by atoms with Crippen molar-refractivity contribution in [3.05, 3.63) is 48.5 Å². The number of hydrogen-bond acceptors (Lipinski definition) is 4. The van der Waals surface area contributed by atoms with E-state index in [1.165, 1.54) is 12.8 Å². The quantitative estimate of drug-likeness (QED) is 0.703. The van der Waals surface area contributed by atoms with E-state index in [-0.39, 0.29) is 0 Å². The van der Waals surface area contributed by atoms with Gasteiger partial charge in [0, 0.05) is 13.1 Å². The van der Waals surface area contributed by atoms with Gasteiger partial charge >= 0.3 is 0 Å². The van der Waals surface area contributed by atoms with Gasteiger partial charge in [0.25, 0.3) is 0 Å². The Labute approximate surface area is 148 Å². The van der Waals surface area contributed by atoms with Crippen LogP contribution in [-0.2, 0) is 0 Å². The average molecular weight is 334 g/mol. The van der Waals surface area contributed by atoms with E-state index in [1.807, 2.05) is 18.2 Å². The predicted molar refractivity (Wildman–Crippen MR) is 102 cm³/mol. The van der Waals surface area contributed by atoms with Crippen molar-refractivity contribution in [2.24, 2.45) is 0 Å². The smallest absolute Gasteiger partial charge is 0.145 e. The van der Waals surface area contributed by atoms with Crippen LogP contribution in [0.5, 0.6) is 11.5 Å². The van der Waals surface area contributed by atoms with Crippen molar-refractivity contribution < 1.29 is 9.47 Å². The third kappa shape index (κ3) is 2.78. The molecule has 0 bridgehead atoms. The summed E-state index contributed by atoms with van der Waals surface area (Å²) in [5.74, 6) is 2.60. The van der Waals surface area contributed by atoms with Gasteiger partial charge in [0.15, 0.2) is 0 Å². The molecule has 0 atom stereocenters. The topological polar surface area (TPSA) is 34.6 Å². The highest BCUT2D eigenvalue weighted by Gasteiger charge is 2.20. The summed E-state index contributed by atoms with van der Waals surface area (Å²) in [6.07, 6.45) is 2.44. The van der Waals surface area contributed by atoms with E-state index in [9.17, 15) is 0 Å². The van der Waals surface area contributed by atoms with E-state index in [1.54, 1.807) is 14.2 Å². The molecule has 4 heteroatoms. The Balaban J connectivity index is 2.05. The van der Waals surface area contributed by atoms with E-state index in [0.29, 0.717) is 0 Å². The number of aromatic nitrogens is 1. The molecule has 2 heterocycles. The third-order valence-electron chi connectivity index (χ3n) is 4.83. The SMILES string of the molecule is COc1ccc(OC)c2c(-c3ccccc3)cc(N3CCCC3)nc12. The van der Waals surface area contributed by atoms with Gasteiger partial charge in [-0.2, -0.15) is 0 Å². The summed E-state index contributed by atoms with van der Waals surface area (Å²) in [4.78, 5) is 7.30. The molecule has 0 unspecified atom stereocenters. The van der Waals surface area contributed by atoms with E-state index in [4.69, 9.17) is 14.5 Å². The maximum absolute atomic E-state index is 5.65. The van der Waals surface area contributed by atoms with Crippen molar-refractivity contribution in [2.45, 2.75) is 12.8 Å². The van der Waals surface area contributed by atoms with Crippen LogP contribution in [0.2, 0.25) is 0 Å². The zero-order chi connectivity index (χ0) is 17.2. The molecule has 0 spiro atoms. The minimum Gasteiger partial charge on any atom is -0.496 e. The van der Waals surface area contributed by atoms with Gasteiger partial charge in [-0.15, -0.1) is 0 Å². The van der Waals surface area contributed by atoms with E-state index < -0.39 is 0 Å². The number of methoxy groups -OCH3 is 2. The summed E-state index contributed by atoms with van der Waals surface area (Å²) in [6.45, 7) is 2.11.